The highest BCUT2D eigenvalue weighted by Gasteiger charge is 2.12. The summed E-state index contributed by atoms with van der Waals surface area (Å²) < 4.78 is 0. The van der Waals surface area contributed by atoms with Crippen LogP contribution in [0.3, 0.4) is 0 Å². The largest absolute Gasteiger partial charge is 0.305 e. The van der Waals surface area contributed by atoms with E-state index in [0.29, 0.717) is 12.5 Å². The molecule has 3 aromatic rings. The highest BCUT2D eigenvalue weighted by molar-refractivity contribution is 5.57. The van der Waals surface area contributed by atoms with E-state index in [1.807, 2.05) is 24.3 Å². The Morgan fingerprint density at radius 3 is 2.19 bits per heavy atom. The molecular formula is C17H16N4. The molecule has 4 heteroatoms. The normalized spacial score (nSPS) is 10.3. The molecular weight excluding hydrogens is 260 g/mol. The molecule has 0 aliphatic carbocycles. The van der Waals surface area contributed by atoms with Gasteiger partial charge in [-0.3, -0.25) is 4.98 Å². The van der Waals surface area contributed by atoms with Crippen molar-refractivity contribution in [1.82, 2.24) is 15.0 Å². The van der Waals surface area contributed by atoms with Crippen LogP contribution in [0.25, 0.3) is 0 Å². The number of rotatable bonds is 4. The fourth-order valence-electron chi connectivity index (χ4n) is 2.09. The lowest BCUT2D eigenvalue weighted by molar-refractivity contribution is 0.880. The number of nitrogens with zero attached hydrogens (tertiary/aromatic N) is 4. The first-order chi connectivity index (χ1) is 10.3. The van der Waals surface area contributed by atoms with Crippen molar-refractivity contribution in [3.63, 3.8) is 0 Å². The van der Waals surface area contributed by atoms with Crippen molar-refractivity contribution in [1.29, 1.82) is 0 Å². The summed E-state index contributed by atoms with van der Waals surface area (Å²) in [7, 11) is 0. The average molecular weight is 276 g/mol. The summed E-state index contributed by atoms with van der Waals surface area (Å²) in [6, 6.07) is 16.1. The van der Waals surface area contributed by atoms with Crippen molar-refractivity contribution < 1.29 is 0 Å². The van der Waals surface area contributed by atoms with Crippen molar-refractivity contribution in [3.05, 3.63) is 78.4 Å². The van der Waals surface area contributed by atoms with Crippen LogP contribution < -0.4 is 4.90 Å². The van der Waals surface area contributed by atoms with E-state index >= 15 is 0 Å². The molecule has 0 fully saturated rings. The van der Waals surface area contributed by atoms with E-state index in [0.717, 1.165) is 11.4 Å². The van der Waals surface area contributed by atoms with E-state index in [1.165, 1.54) is 5.56 Å². The molecule has 4 nitrogen and oxygen atoms in total. The quantitative estimate of drug-likeness (QED) is 0.731. The minimum Gasteiger partial charge on any atom is -0.305 e. The maximum Gasteiger partial charge on any atom is 0.230 e. The molecule has 0 saturated carbocycles. The van der Waals surface area contributed by atoms with Gasteiger partial charge in [-0.05, 0) is 37.3 Å². The van der Waals surface area contributed by atoms with Crippen molar-refractivity contribution >= 4 is 11.6 Å². The van der Waals surface area contributed by atoms with Crippen molar-refractivity contribution in [3.8, 4) is 0 Å². The topological polar surface area (TPSA) is 41.9 Å². The number of pyridine rings is 1. The first-order valence-electron chi connectivity index (χ1n) is 6.84. The second-order valence-corrected chi connectivity index (χ2v) is 4.79. The van der Waals surface area contributed by atoms with Crippen LogP contribution in [-0.4, -0.2) is 15.0 Å². The average Bonchev–Trinajstić information content (AvgIpc) is 2.55. The Morgan fingerprint density at radius 2 is 1.52 bits per heavy atom. The summed E-state index contributed by atoms with van der Waals surface area (Å²) in [6.07, 6.45) is 5.30. The number of hydrogen-bond donors (Lipinski definition) is 0. The fourth-order valence-corrected chi connectivity index (χ4v) is 2.09. The van der Waals surface area contributed by atoms with Gasteiger partial charge in [0.1, 0.15) is 0 Å². The molecule has 0 unspecified atom stereocenters. The molecule has 104 valence electrons. The van der Waals surface area contributed by atoms with Crippen LogP contribution in [0.4, 0.5) is 11.6 Å². The Balaban J connectivity index is 1.97. The maximum atomic E-state index is 4.39. The Kier molecular flexibility index (Phi) is 3.87. The van der Waals surface area contributed by atoms with Gasteiger partial charge in [0.25, 0.3) is 0 Å². The third kappa shape index (κ3) is 3.23. The number of anilines is 2. The summed E-state index contributed by atoms with van der Waals surface area (Å²) >= 11 is 0. The number of aryl methyl sites for hydroxylation is 1. The Bertz CT molecular complexity index is 681. The highest BCUT2D eigenvalue weighted by Crippen LogP contribution is 2.23. The number of aromatic nitrogens is 3. The van der Waals surface area contributed by atoms with E-state index in [4.69, 9.17) is 0 Å². The molecule has 0 atom stereocenters. The van der Waals surface area contributed by atoms with Crippen LogP contribution in [0.15, 0.2) is 67.1 Å². The third-order valence-electron chi connectivity index (χ3n) is 3.19. The monoisotopic (exact) mass is 276 g/mol. The maximum absolute atomic E-state index is 4.39. The molecule has 0 amide bonds. The predicted octanol–water partition coefficient (Wildman–Crippen LogP) is 3.52. The van der Waals surface area contributed by atoms with Gasteiger partial charge in [0.2, 0.25) is 5.95 Å². The summed E-state index contributed by atoms with van der Waals surface area (Å²) in [5.41, 5.74) is 3.26. The first kappa shape index (κ1) is 13.2. The standard InChI is InChI=1S/C17H16N4/c1-14-6-8-16(9-7-14)21(17-19-11-4-12-20-17)13-15-5-2-3-10-18-15/h2-12H,13H2,1H3. The SMILES string of the molecule is Cc1ccc(N(Cc2ccccn2)c2ncccn2)cc1. The lowest BCUT2D eigenvalue weighted by Crippen LogP contribution is -2.19. The molecule has 21 heavy (non-hydrogen) atoms. The van der Waals surface area contributed by atoms with Gasteiger partial charge in [0, 0.05) is 24.3 Å². The Hall–Kier alpha value is -2.75. The van der Waals surface area contributed by atoms with Crippen molar-refractivity contribution in [2.24, 2.45) is 0 Å². The zero-order valence-corrected chi connectivity index (χ0v) is 11.8. The van der Waals surface area contributed by atoms with Gasteiger partial charge < -0.3 is 4.90 Å². The Morgan fingerprint density at radius 1 is 0.810 bits per heavy atom. The van der Waals surface area contributed by atoms with E-state index in [2.05, 4.69) is 51.0 Å². The second-order valence-electron chi connectivity index (χ2n) is 4.79. The first-order valence-corrected chi connectivity index (χ1v) is 6.84. The van der Waals surface area contributed by atoms with E-state index in [-0.39, 0.29) is 0 Å². The van der Waals surface area contributed by atoms with E-state index in [1.54, 1.807) is 18.6 Å². The van der Waals surface area contributed by atoms with Gasteiger partial charge >= 0.3 is 0 Å². The lowest BCUT2D eigenvalue weighted by atomic mass is 10.2. The third-order valence-corrected chi connectivity index (χ3v) is 3.19. The summed E-state index contributed by atoms with van der Waals surface area (Å²) in [6.45, 7) is 2.71. The highest BCUT2D eigenvalue weighted by atomic mass is 15.3. The van der Waals surface area contributed by atoms with Gasteiger partial charge in [0.05, 0.1) is 12.2 Å². The molecule has 1 aromatic carbocycles. The van der Waals surface area contributed by atoms with Gasteiger partial charge in [-0.2, -0.15) is 0 Å². The molecule has 0 aliphatic heterocycles. The predicted molar refractivity (Wildman–Crippen MR) is 83.3 cm³/mol. The van der Waals surface area contributed by atoms with E-state index < -0.39 is 0 Å². The summed E-state index contributed by atoms with van der Waals surface area (Å²) in [5, 5.41) is 0. The lowest BCUT2D eigenvalue weighted by Gasteiger charge is -2.22. The summed E-state index contributed by atoms with van der Waals surface area (Å²) in [4.78, 5) is 15.2. The summed E-state index contributed by atoms with van der Waals surface area (Å²) in [5.74, 6) is 0.673. The van der Waals surface area contributed by atoms with Crippen LogP contribution >= 0.6 is 0 Å². The minimum absolute atomic E-state index is 0.633. The van der Waals surface area contributed by atoms with Crippen LogP contribution in [0.1, 0.15) is 11.3 Å². The molecule has 0 aliphatic rings. The molecule has 0 bridgehead atoms. The zero-order chi connectivity index (χ0) is 14.5. The molecule has 0 radical (unpaired) electrons. The van der Waals surface area contributed by atoms with E-state index in [9.17, 15) is 0 Å². The molecule has 0 spiro atoms. The number of hydrogen-bond acceptors (Lipinski definition) is 4. The van der Waals surface area contributed by atoms with Gasteiger partial charge in [-0.1, -0.05) is 23.8 Å². The molecule has 0 N–H and O–H groups in total. The molecule has 0 saturated heterocycles. The van der Waals surface area contributed by atoms with Crippen LogP contribution in [0.2, 0.25) is 0 Å². The van der Waals surface area contributed by atoms with Gasteiger partial charge in [-0.15, -0.1) is 0 Å². The van der Waals surface area contributed by atoms with Crippen molar-refractivity contribution in [2.75, 3.05) is 4.90 Å². The fraction of sp³-hybridized carbons (Fsp3) is 0.118. The smallest absolute Gasteiger partial charge is 0.230 e. The number of benzene rings is 1. The minimum atomic E-state index is 0.633. The van der Waals surface area contributed by atoms with Crippen LogP contribution in [-0.2, 0) is 6.54 Å². The van der Waals surface area contributed by atoms with Crippen molar-refractivity contribution in [2.45, 2.75) is 13.5 Å². The van der Waals surface area contributed by atoms with Crippen LogP contribution in [0, 0.1) is 6.92 Å². The van der Waals surface area contributed by atoms with Gasteiger partial charge in [0.15, 0.2) is 0 Å². The molecule has 2 aromatic heterocycles. The Labute approximate surface area is 124 Å². The van der Waals surface area contributed by atoms with Crippen LogP contribution in [0.5, 0.6) is 0 Å². The second kappa shape index (κ2) is 6.13. The molecule has 3 rings (SSSR count). The molecule has 2 heterocycles. The van der Waals surface area contributed by atoms with Gasteiger partial charge in [-0.25, -0.2) is 9.97 Å². The zero-order valence-electron chi connectivity index (χ0n) is 11.8.